The molecule has 1 amide bonds. The molecule has 2 bridgehead atoms. The van der Waals surface area contributed by atoms with Crippen molar-refractivity contribution in [1.29, 1.82) is 0 Å². The van der Waals surface area contributed by atoms with Crippen LogP contribution in [-0.4, -0.2) is 58.4 Å². The van der Waals surface area contributed by atoms with Crippen molar-refractivity contribution in [3.8, 4) is 0 Å². The van der Waals surface area contributed by atoms with E-state index < -0.39 is 6.23 Å². The van der Waals surface area contributed by atoms with Crippen molar-refractivity contribution in [2.75, 3.05) is 21.2 Å². The van der Waals surface area contributed by atoms with Crippen LogP contribution in [-0.2, 0) is 16.0 Å². The van der Waals surface area contributed by atoms with Gasteiger partial charge in [0, 0.05) is 55.7 Å². The second-order valence-electron chi connectivity index (χ2n) is 10.4. The molecule has 2 aromatic heterocycles. The standard InChI is InChI=1S/C29H27N5O3S/c1-30-29(38)32(2)19-12-20-33-17-10-6-5-9-15(17)22-23-16(13-31-27(23)35)21-14-8-4-7-11-18(14)34(24(21)25(22)33)28(37-20)26(19)36-3/h4-11,19-20,26,28H,12-13H2,1-3H3,(H,30,38)(H,31,35). The van der Waals surface area contributed by atoms with Gasteiger partial charge in [0.05, 0.1) is 33.7 Å². The highest BCUT2D eigenvalue weighted by molar-refractivity contribution is 7.80. The maximum absolute atomic E-state index is 13.4. The molecule has 192 valence electrons. The van der Waals surface area contributed by atoms with E-state index in [1.54, 1.807) is 7.11 Å². The smallest absolute Gasteiger partial charge is 0.252 e. The topological polar surface area (TPSA) is 72.7 Å². The third-order valence-corrected chi connectivity index (χ3v) is 9.29. The van der Waals surface area contributed by atoms with Crippen LogP contribution in [0.2, 0.25) is 0 Å². The van der Waals surface area contributed by atoms with Crippen LogP contribution in [0.5, 0.6) is 0 Å². The molecule has 5 heterocycles. The number of carbonyl (C=O) groups is 1. The molecule has 3 aromatic carbocycles. The second kappa shape index (κ2) is 7.69. The Morgan fingerprint density at radius 1 is 1.08 bits per heavy atom. The van der Waals surface area contributed by atoms with Crippen LogP contribution in [0.4, 0.5) is 0 Å². The van der Waals surface area contributed by atoms with Gasteiger partial charge in [-0.15, -0.1) is 0 Å². The molecule has 38 heavy (non-hydrogen) atoms. The van der Waals surface area contributed by atoms with Gasteiger partial charge in [0.25, 0.3) is 5.91 Å². The Balaban J connectivity index is 1.59. The first-order chi connectivity index (χ1) is 18.5. The maximum Gasteiger partial charge on any atom is 0.252 e. The summed E-state index contributed by atoms with van der Waals surface area (Å²) in [6.07, 6.45) is -0.265. The summed E-state index contributed by atoms with van der Waals surface area (Å²) in [4.78, 5) is 15.5. The van der Waals surface area contributed by atoms with Crippen molar-refractivity contribution < 1.29 is 14.3 Å². The number of likely N-dealkylation sites (N-methyl/N-ethyl adjacent to an activating group) is 1. The molecular formula is C29H27N5O3S. The molecule has 4 unspecified atom stereocenters. The van der Waals surface area contributed by atoms with Crippen molar-refractivity contribution in [3.05, 3.63) is 59.7 Å². The Morgan fingerprint density at radius 2 is 1.74 bits per heavy atom. The summed E-state index contributed by atoms with van der Waals surface area (Å²) >= 11 is 5.67. The number of amides is 1. The minimum Gasteiger partial charge on any atom is -0.375 e. The zero-order valence-corrected chi connectivity index (χ0v) is 22.1. The lowest BCUT2D eigenvalue weighted by Gasteiger charge is -2.45. The molecule has 0 saturated carbocycles. The average Bonchev–Trinajstić information content (AvgIpc) is 3.58. The normalized spacial score (nSPS) is 23.8. The van der Waals surface area contributed by atoms with E-state index in [4.69, 9.17) is 21.7 Å². The molecule has 0 aliphatic carbocycles. The minimum absolute atomic E-state index is 0.0125. The molecule has 3 aliphatic rings. The number of hydrogen-bond acceptors (Lipinski definition) is 4. The van der Waals surface area contributed by atoms with Crippen LogP contribution in [0.25, 0.3) is 43.6 Å². The highest BCUT2D eigenvalue weighted by atomic mass is 32.1. The van der Waals surface area contributed by atoms with E-state index in [0.29, 0.717) is 18.1 Å². The van der Waals surface area contributed by atoms with Gasteiger partial charge in [-0.25, -0.2) is 0 Å². The summed E-state index contributed by atoms with van der Waals surface area (Å²) in [5.74, 6) is -0.0125. The Labute approximate surface area is 224 Å². The predicted molar refractivity (Wildman–Crippen MR) is 151 cm³/mol. The molecule has 1 fully saturated rings. The molecule has 1 saturated heterocycles. The SMILES string of the molecule is CNC(=S)N(C)C1CC2OC(C1OC)n1c3ccccc3c3c4c(c5c6ccccc6n2c5c31)C(=O)NC4. The first-order valence-electron chi connectivity index (χ1n) is 13.0. The van der Waals surface area contributed by atoms with Crippen LogP contribution in [0.15, 0.2) is 48.5 Å². The van der Waals surface area contributed by atoms with Gasteiger partial charge in [0.1, 0.15) is 12.3 Å². The second-order valence-corrected chi connectivity index (χ2v) is 10.8. The molecule has 8 rings (SSSR count). The number of nitrogens with zero attached hydrogens (tertiary/aromatic N) is 3. The third kappa shape index (κ3) is 2.56. The number of para-hydroxylation sites is 2. The van der Waals surface area contributed by atoms with Crippen LogP contribution in [0.1, 0.15) is 34.8 Å². The Morgan fingerprint density at radius 3 is 2.45 bits per heavy atom. The number of carbonyl (C=O) groups excluding carboxylic acids is 1. The fourth-order valence-electron chi connectivity index (χ4n) is 7.25. The zero-order chi connectivity index (χ0) is 25.9. The molecule has 4 atom stereocenters. The van der Waals surface area contributed by atoms with E-state index in [2.05, 4.69) is 67.1 Å². The average molecular weight is 526 g/mol. The van der Waals surface area contributed by atoms with E-state index in [9.17, 15) is 4.79 Å². The van der Waals surface area contributed by atoms with Gasteiger partial charge < -0.3 is 34.1 Å². The van der Waals surface area contributed by atoms with Crippen molar-refractivity contribution in [2.45, 2.75) is 37.6 Å². The fourth-order valence-corrected chi connectivity index (χ4v) is 7.39. The first kappa shape index (κ1) is 22.3. The van der Waals surface area contributed by atoms with Gasteiger partial charge in [-0.3, -0.25) is 4.79 Å². The number of hydrogen-bond donors (Lipinski definition) is 2. The van der Waals surface area contributed by atoms with Crippen molar-refractivity contribution in [2.24, 2.45) is 0 Å². The molecule has 9 heteroatoms. The molecule has 0 radical (unpaired) electrons. The highest BCUT2D eigenvalue weighted by Gasteiger charge is 2.47. The number of nitrogens with one attached hydrogen (secondary N) is 2. The zero-order valence-electron chi connectivity index (χ0n) is 21.3. The minimum atomic E-state index is -0.391. The van der Waals surface area contributed by atoms with Gasteiger partial charge in [0.15, 0.2) is 11.3 Å². The third-order valence-electron chi connectivity index (χ3n) is 8.80. The van der Waals surface area contributed by atoms with Gasteiger partial charge in [-0.2, -0.15) is 0 Å². The van der Waals surface area contributed by atoms with E-state index in [-0.39, 0.29) is 24.3 Å². The molecule has 5 aromatic rings. The van der Waals surface area contributed by atoms with E-state index in [0.717, 1.165) is 54.7 Å². The summed E-state index contributed by atoms with van der Waals surface area (Å²) in [6, 6.07) is 16.7. The quantitative estimate of drug-likeness (QED) is 0.333. The lowest BCUT2D eigenvalue weighted by Crippen LogP contribution is -2.55. The predicted octanol–water partition coefficient (Wildman–Crippen LogP) is 4.40. The van der Waals surface area contributed by atoms with Crippen molar-refractivity contribution in [3.63, 3.8) is 0 Å². The van der Waals surface area contributed by atoms with E-state index in [1.807, 2.05) is 20.2 Å². The molecule has 0 spiro atoms. The number of fused-ring (bicyclic) bond motifs is 13. The molecule has 3 aliphatic heterocycles. The summed E-state index contributed by atoms with van der Waals surface area (Å²) in [5, 5.41) is 11.2. The lowest BCUT2D eigenvalue weighted by molar-refractivity contribution is -0.201. The summed E-state index contributed by atoms with van der Waals surface area (Å²) in [6.45, 7) is 0.512. The van der Waals surface area contributed by atoms with Gasteiger partial charge in [-0.05, 0) is 29.9 Å². The fraction of sp³-hybridized carbons (Fsp3) is 0.310. The van der Waals surface area contributed by atoms with Gasteiger partial charge in [0.2, 0.25) is 0 Å². The highest BCUT2D eigenvalue weighted by Crippen LogP contribution is 2.52. The number of methoxy groups -OCH3 is 1. The van der Waals surface area contributed by atoms with Crippen LogP contribution < -0.4 is 10.6 Å². The van der Waals surface area contributed by atoms with Gasteiger partial charge in [-0.1, -0.05) is 36.4 Å². The van der Waals surface area contributed by atoms with Crippen molar-refractivity contribution in [1.82, 2.24) is 24.7 Å². The number of aromatic nitrogens is 2. The molecule has 8 nitrogen and oxygen atoms in total. The van der Waals surface area contributed by atoms with Crippen LogP contribution >= 0.6 is 12.2 Å². The Kier molecular flexibility index (Phi) is 4.52. The first-order valence-corrected chi connectivity index (χ1v) is 13.4. The number of thiocarbonyl (C=S) groups is 1. The summed E-state index contributed by atoms with van der Waals surface area (Å²) < 4.78 is 17.9. The Bertz CT molecular complexity index is 1860. The maximum atomic E-state index is 13.4. The van der Waals surface area contributed by atoms with Crippen LogP contribution in [0, 0.1) is 0 Å². The van der Waals surface area contributed by atoms with Crippen molar-refractivity contribution >= 4 is 66.8 Å². The Hall–Kier alpha value is -3.66. The number of ether oxygens (including phenoxy) is 2. The lowest BCUT2D eigenvalue weighted by atomic mass is 9.97. The largest absolute Gasteiger partial charge is 0.375 e. The van der Waals surface area contributed by atoms with Crippen LogP contribution in [0.3, 0.4) is 0 Å². The van der Waals surface area contributed by atoms with E-state index in [1.165, 1.54) is 0 Å². The van der Waals surface area contributed by atoms with Gasteiger partial charge >= 0.3 is 0 Å². The molecular weight excluding hydrogens is 498 g/mol. The molecule has 2 N–H and O–H groups in total. The monoisotopic (exact) mass is 525 g/mol. The number of benzene rings is 3. The van der Waals surface area contributed by atoms with E-state index >= 15 is 0 Å². The summed E-state index contributed by atoms with van der Waals surface area (Å²) in [5.41, 5.74) is 6.13. The summed E-state index contributed by atoms with van der Waals surface area (Å²) in [7, 11) is 5.62. The number of rotatable bonds is 2.